The predicted molar refractivity (Wildman–Crippen MR) is 57.0 cm³/mol. The highest BCUT2D eigenvalue weighted by Gasteiger charge is 2.13. The molecule has 1 rings (SSSR count). The molecule has 0 atom stereocenters. The Morgan fingerprint density at radius 2 is 2.36 bits per heavy atom. The molecule has 0 saturated heterocycles. The van der Waals surface area contributed by atoms with Crippen LogP contribution in [-0.4, -0.2) is 23.8 Å². The first-order valence-corrected chi connectivity index (χ1v) is 5.43. The second-order valence-electron chi connectivity index (χ2n) is 2.41. The van der Waals surface area contributed by atoms with Gasteiger partial charge in [-0.3, -0.25) is 0 Å². The molecule has 0 spiro atoms. The lowest BCUT2D eigenvalue weighted by atomic mass is 10.3. The van der Waals surface area contributed by atoms with Gasteiger partial charge in [-0.25, -0.2) is 9.78 Å². The topological polar surface area (TPSA) is 39.2 Å². The van der Waals surface area contributed by atoms with Gasteiger partial charge in [0.15, 0.2) is 5.69 Å². The number of ether oxygens (including phenoxy) is 1. The molecule has 3 nitrogen and oxygen atoms in total. The van der Waals surface area contributed by atoms with E-state index < -0.39 is 5.97 Å². The number of hydrogen-bond acceptors (Lipinski definition) is 4. The summed E-state index contributed by atoms with van der Waals surface area (Å²) in [4.78, 5) is 16.0. The van der Waals surface area contributed by atoms with Crippen LogP contribution in [0.4, 0.5) is 0 Å². The largest absolute Gasteiger partial charge is 0.464 e. The number of carbonyl (C=O) groups is 1. The molecule has 0 bridgehead atoms. The van der Waals surface area contributed by atoms with Crippen molar-refractivity contribution in [1.29, 1.82) is 0 Å². The molecule has 1 aromatic rings. The fourth-order valence-electron chi connectivity index (χ4n) is 0.937. The Balaban J connectivity index is 3.08. The van der Waals surface area contributed by atoms with E-state index in [1.54, 1.807) is 12.1 Å². The highest BCUT2D eigenvalue weighted by Crippen LogP contribution is 2.23. The van der Waals surface area contributed by atoms with E-state index >= 15 is 0 Å². The average molecular weight is 232 g/mol. The monoisotopic (exact) mass is 231 g/mol. The maximum absolute atomic E-state index is 11.3. The normalized spacial score (nSPS) is 9.93. The molecule has 0 amide bonds. The van der Waals surface area contributed by atoms with Crippen LogP contribution in [0.3, 0.4) is 0 Å². The summed E-state index contributed by atoms with van der Waals surface area (Å²) in [5.41, 5.74) is 0.284. The van der Waals surface area contributed by atoms with Crippen LogP contribution >= 0.6 is 23.4 Å². The van der Waals surface area contributed by atoms with Crippen LogP contribution in [0.5, 0.6) is 0 Å². The third-order valence-corrected chi connectivity index (χ3v) is 2.64. The van der Waals surface area contributed by atoms with Crippen molar-refractivity contribution >= 4 is 29.3 Å². The summed E-state index contributed by atoms with van der Waals surface area (Å²) in [7, 11) is 1.32. The van der Waals surface area contributed by atoms with Crippen molar-refractivity contribution in [3.8, 4) is 0 Å². The summed E-state index contributed by atoms with van der Waals surface area (Å²) in [5, 5.41) is 0.297. The minimum Gasteiger partial charge on any atom is -0.464 e. The Bertz CT molecular complexity index is 344. The number of halogens is 1. The fraction of sp³-hybridized carbons (Fsp3) is 0.333. The van der Waals surface area contributed by atoms with E-state index in [4.69, 9.17) is 11.6 Å². The minimum absolute atomic E-state index is 0.284. The van der Waals surface area contributed by atoms with E-state index in [0.29, 0.717) is 5.15 Å². The number of pyridine rings is 1. The van der Waals surface area contributed by atoms with Crippen molar-refractivity contribution in [2.24, 2.45) is 0 Å². The third kappa shape index (κ3) is 2.62. The highest BCUT2D eigenvalue weighted by molar-refractivity contribution is 7.99. The van der Waals surface area contributed by atoms with Gasteiger partial charge >= 0.3 is 5.97 Å². The van der Waals surface area contributed by atoms with E-state index in [2.05, 4.69) is 9.72 Å². The number of esters is 1. The summed E-state index contributed by atoms with van der Waals surface area (Å²) in [6.45, 7) is 2.00. The lowest BCUT2D eigenvalue weighted by Crippen LogP contribution is -2.06. The average Bonchev–Trinajstić information content (AvgIpc) is 2.20. The van der Waals surface area contributed by atoms with E-state index in [1.165, 1.54) is 18.9 Å². The fourth-order valence-corrected chi connectivity index (χ4v) is 1.83. The molecule has 0 saturated carbocycles. The number of thioether (sulfide) groups is 1. The SMILES string of the molecule is CCSc1ccc(Cl)nc1C(=O)OC. The van der Waals surface area contributed by atoms with Crippen LogP contribution in [0.15, 0.2) is 17.0 Å². The van der Waals surface area contributed by atoms with Gasteiger partial charge in [0.25, 0.3) is 0 Å². The Kier molecular flexibility index (Phi) is 4.22. The van der Waals surface area contributed by atoms with Crippen molar-refractivity contribution in [3.05, 3.63) is 23.0 Å². The van der Waals surface area contributed by atoms with Gasteiger partial charge in [0.2, 0.25) is 0 Å². The van der Waals surface area contributed by atoms with Crippen molar-refractivity contribution in [1.82, 2.24) is 4.98 Å². The smallest absolute Gasteiger partial charge is 0.357 e. The first-order chi connectivity index (χ1) is 6.69. The molecule has 1 aromatic heterocycles. The van der Waals surface area contributed by atoms with Gasteiger partial charge in [0.1, 0.15) is 5.15 Å². The molecule has 0 aliphatic carbocycles. The summed E-state index contributed by atoms with van der Waals surface area (Å²) in [6.07, 6.45) is 0. The van der Waals surface area contributed by atoms with E-state index in [-0.39, 0.29) is 5.69 Å². The predicted octanol–water partition coefficient (Wildman–Crippen LogP) is 2.63. The van der Waals surface area contributed by atoms with Crippen LogP contribution in [-0.2, 0) is 4.74 Å². The molecule has 0 aliphatic heterocycles. The second-order valence-corrected chi connectivity index (χ2v) is 4.10. The molecule has 14 heavy (non-hydrogen) atoms. The first kappa shape index (κ1) is 11.3. The summed E-state index contributed by atoms with van der Waals surface area (Å²) in [5.74, 6) is 0.413. The molecule has 0 N–H and O–H groups in total. The molecule has 0 aromatic carbocycles. The van der Waals surface area contributed by atoms with Crippen molar-refractivity contribution in [2.45, 2.75) is 11.8 Å². The summed E-state index contributed by atoms with van der Waals surface area (Å²) >= 11 is 7.22. The van der Waals surface area contributed by atoms with Crippen molar-refractivity contribution < 1.29 is 9.53 Å². The van der Waals surface area contributed by atoms with Gasteiger partial charge in [-0.2, -0.15) is 0 Å². The Labute approximate surface area is 91.8 Å². The van der Waals surface area contributed by atoms with Gasteiger partial charge in [-0.05, 0) is 17.9 Å². The lowest BCUT2D eigenvalue weighted by Gasteiger charge is -2.05. The van der Waals surface area contributed by atoms with Crippen LogP contribution in [0, 0.1) is 0 Å². The third-order valence-electron chi connectivity index (χ3n) is 1.50. The maximum atomic E-state index is 11.3. The quantitative estimate of drug-likeness (QED) is 0.456. The molecular weight excluding hydrogens is 222 g/mol. The Hall–Kier alpha value is -0.740. The zero-order valence-corrected chi connectivity index (χ0v) is 9.48. The molecular formula is C9H10ClNO2S. The van der Waals surface area contributed by atoms with Crippen LogP contribution in [0.25, 0.3) is 0 Å². The number of rotatable bonds is 3. The zero-order chi connectivity index (χ0) is 10.6. The molecule has 0 unspecified atom stereocenters. The van der Waals surface area contributed by atoms with Crippen molar-refractivity contribution in [3.63, 3.8) is 0 Å². The van der Waals surface area contributed by atoms with E-state index in [9.17, 15) is 4.79 Å². The molecule has 0 radical (unpaired) electrons. The van der Waals surface area contributed by atoms with Gasteiger partial charge in [-0.15, -0.1) is 11.8 Å². The summed E-state index contributed by atoms with van der Waals surface area (Å²) in [6, 6.07) is 3.43. The molecule has 0 aliphatic rings. The van der Waals surface area contributed by atoms with Crippen LogP contribution in [0.1, 0.15) is 17.4 Å². The van der Waals surface area contributed by atoms with Gasteiger partial charge in [0.05, 0.1) is 7.11 Å². The second kappa shape index (κ2) is 5.22. The highest BCUT2D eigenvalue weighted by atomic mass is 35.5. The van der Waals surface area contributed by atoms with Gasteiger partial charge < -0.3 is 4.74 Å². The lowest BCUT2D eigenvalue weighted by molar-refractivity contribution is 0.0589. The molecule has 1 heterocycles. The van der Waals surface area contributed by atoms with E-state index in [0.717, 1.165) is 10.6 Å². The standard InChI is InChI=1S/C9H10ClNO2S/c1-3-14-6-4-5-7(10)11-8(6)9(12)13-2/h4-5H,3H2,1-2H3. The minimum atomic E-state index is -0.455. The Morgan fingerprint density at radius 3 is 2.93 bits per heavy atom. The van der Waals surface area contributed by atoms with Crippen LogP contribution in [0.2, 0.25) is 5.15 Å². The number of hydrogen-bond donors (Lipinski definition) is 0. The van der Waals surface area contributed by atoms with E-state index in [1.807, 2.05) is 6.92 Å². The zero-order valence-electron chi connectivity index (χ0n) is 7.91. The van der Waals surface area contributed by atoms with Crippen LogP contribution < -0.4 is 0 Å². The first-order valence-electron chi connectivity index (χ1n) is 4.06. The molecule has 76 valence electrons. The van der Waals surface area contributed by atoms with Gasteiger partial charge in [0, 0.05) is 4.90 Å². The Morgan fingerprint density at radius 1 is 1.64 bits per heavy atom. The number of methoxy groups -OCH3 is 1. The molecule has 5 heteroatoms. The molecule has 0 fully saturated rings. The van der Waals surface area contributed by atoms with Gasteiger partial charge in [-0.1, -0.05) is 18.5 Å². The maximum Gasteiger partial charge on any atom is 0.357 e. The number of nitrogens with zero attached hydrogens (tertiary/aromatic N) is 1. The number of aromatic nitrogens is 1. The summed E-state index contributed by atoms with van der Waals surface area (Å²) < 4.78 is 4.60. The van der Waals surface area contributed by atoms with Crippen molar-refractivity contribution in [2.75, 3.05) is 12.9 Å². The number of carbonyl (C=O) groups excluding carboxylic acids is 1.